The number of benzene rings is 2. The summed E-state index contributed by atoms with van der Waals surface area (Å²) in [7, 11) is 0. The number of unbranched alkanes of at least 4 members (excludes halogenated alkanes) is 1. The highest BCUT2D eigenvalue weighted by atomic mass is 16.6. The summed E-state index contributed by atoms with van der Waals surface area (Å²) >= 11 is 0. The number of Topliss-reactive ketones (excluding diaryl/α,β-unsaturated/α-hetero) is 1. The molecule has 1 aliphatic heterocycles. The monoisotopic (exact) mass is 338 g/mol. The highest BCUT2D eigenvalue weighted by Crippen LogP contribution is 2.41. The molecule has 1 heterocycles. The predicted octanol–water partition coefficient (Wildman–Crippen LogP) is 3.88. The Kier molecular flexibility index (Phi) is 4.74. The Hall–Kier alpha value is -2.82. The van der Waals surface area contributed by atoms with E-state index in [9.17, 15) is 9.59 Å². The topological polar surface area (TPSA) is 72.6 Å². The fraction of sp³-hybridized carbons (Fsp3) is 0.300. The zero-order valence-corrected chi connectivity index (χ0v) is 14.3. The zero-order chi connectivity index (χ0) is 17.9. The van der Waals surface area contributed by atoms with E-state index < -0.39 is 11.6 Å². The van der Waals surface area contributed by atoms with Gasteiger partial charge in [0.1, 0.15) is 6.61 Å². The summed E-state index contributed by atoms with van der Waals surface area (Å²) in [5, 5.41) is 0. The third-order valence-electron chi connectivity index (χ3n) is 4.57. The van der Waals surface area contributed by atoms with Crippen molar-refractivity contribution < 1.29 is 14.3 Å². The minimum atomic E-state index is -1.15. The van der Waals surface area contributed by atoms with Gasteiger partial charge in [-0.1, -0.05) is 49.7 Å². The van der Waals surface area contributed by atoms with Gasteiger partial charge in [0.05, 0.1) is 5.69 Å². The Labute approximate surface area is 147 Å². The molecule has 5 nitrogen and oxygen atoms in total. The van der Waals surface area contributed by atoms with Gasteiger partial charge in [-0.05, 0) is 30.2 Å². The maximum Gasteiger partial charge on any atom is 0.415 e. The molecule has 2 aromatic rings. The van der Waals surface area contributed by atoms with E-state index in [1.807, 2.05) is 37.3 Å². The molecule has 0 saturated carbocycles. The molecule has 0 radical (unpaired) electrons. The quantitative estimate of drug-likeness (QED) is 0.811. The molecule has 25 heavy (non-hydrogen) atoms. The molecule has 0 aliphatic carbocycles. The van der Waals surface area contributed by atoms with E-state index >= 15 is 0 Å². The maximum absolute atomic E-state index is 13.2. The van der Waals surface area contributed by atoms with Crippen LogP contribution in [0, 0.1) is 0 Å². The van der Waals surface area contributed by atoms with Gasteiger partial charge in [-0.25, -0.2) is 4.79 Å². The molecular formula is C20H22N2O3. The molecule has 0 aromatic heterocycles. The molecule has 3 rings (SSSR count). The highest BCUT2D eigenvalue weighted by molar-refractivity contribution is 6.05. The van der Waals surface area contributed by atoms with Crippen LogP contribution in [-0.4, -0.2) is 18.5 Å². The van der Waals surface area contributed by atoms with Crippen LogP contribution in [0.25, 0.3) is 0 Å². The molecular weight excluding hydrogens is 316 g/mol. The van der Waals surface area contributed by atoms with Crippen molar-refractivity contribution in [1.29, 1.82) is 0 Å². The van der Waals surface area contributed by atoms with Gasteiger partial charge >= 0.3 is 6.09 Å². The summed E-state index contributed by atoms with van der Waals surface area (Å²) in [5.41, 5.74) is 6.59. The Morgan fingerprint density at radius 1 is 1.20 bits per heavy atom. The van der Waals surface area contributed by atoms with Gasteiger partial charge in [0.25, 0.3) is 0 Å². The van der Waals surface area contributed by atoms with Crippen molar-refractivity contribution in [2.45, 2.75) is 31.7 Å². The number of anilines is 2. The first-order chi connectivity index (χ1) is 12.1. The molecule has 1 amide bonds. The van der Waals surface area contributed by atoms with Crippen molar-refractivity contribution in [1.82, 2.24) is 0 Å². The number of nitrogen functional groups attached to an aromatic ring is 1. The Bertz CT molecular complexity index is 776. The number of carbonyl (C=O) groups is 2. The largest absolute Gasteiger partial charge is 0.446 e. The third kappa shape index (κ3) is 2.97. The Morgan fingerprint density at radius 3 is 2.64 bits per heavy atom. The average molecular weight is 338 g/mol. The van der Waals surface area contributed by atoms with Crippen LogP contribution in [0.15, 0.2) is 54.6 Å². The van der Waals surface area contributed by atoms with Crippen LogP contribution in [0.1, 0.15) is 31.7 Å². The Balaban J connectivity index is 2.15. The van der Waals surface area contributed by atoms with Crippen molar-refractivity contribution >= 4 is 23.3 Å². The lowest BCUT2D eigenvalue weighted by atomic mass is 9.83. The molecule has 1 saturated heterocycles. The average Bonchev–Trinajstić information content (AvgIpc) is 2.98. The molecule has 0 bridgehead atoms. The molecule has 1 atom stereocenters. The van der Waals surface area contributed by atoms with E-state index in [1.54, 1.807) is 24.3 Å². The summed E-state index contributed by atoms with van der Waals surface area (Å²) in [6.45, 7) is 2.04. The van der Waals surface area contributed by atoms with Crippen molar-refractivity contribution in [3.05, 3.63) is 60.2 Å². The predicted molar refractivity (Wildman–Crippen MR) is 97.3 cm³/mol. The van der Waals surface area contributed by atoms with Crippen molar-refractivity contribution in [2.24, 2.45) is 0 Å². The van der Waals surface area contributed by atoms with Crippen LogP contribution in [-0.2, 0) is 15.1 Å². The second-order valence-electron chi connectivity index (χ2n) is 6.24. The van der Waals surface area contributed by atoms with Gasteiger partial charge in [0.2, 0.25) is 0 Å². The number of nitrogens with zero attached hydrogens (tertiary/aromatic N) is 1. The molecule has 130 valence electrons. The van der Waals surface area contributed by atoms with E-state index in [0.29, 0.717) is 17.8 Å². The normalized spacial score (nSPS) is 19.7. The number of hydrogen-bond acceptors (Lipinski definition) is 4. The molecule has 1 fully saturated rings. The van der Waals surface area contributed by atoms with Gasteiger partial charge in [-0.15, -0.1) is 0 Å². The highest BCUT2D eigenvalue weighted by Gasteiger charge is 2.54. The van der Waals surface area contributed by atoms with E-state index in [-0.39, 0.29) is 12.4 Å². The van der Waals surface area contributed by atoms with Crippen LogP contribution in [0.5, 0.6) is 0 Å². The van der Waals surface area contributed by atoms with Crippen LogP contribution in [0.3, 0.4) is 0 Å². The Morgan fingerprint density at radius 2 is 1.96 bits per heavy atom. The number of rotatable bonds is 6. The molecule has 1 aliphatic rings. The van der Waals surface area contributed by atoms with E-state index in [2.05, 4.69) is 0 Å². The molecule has 2 aromatic carbocycles. The number of amides is 1. The second-order valence-corrected chi connectivity index (χ2v) is 6.24. The summed E-state index contributed by atoms with van der Waals surface area (Å²) in [6.07, 6.45) is 1.54. The first kappa shape index (κ1) is 17.0. The maximum atomic E-state index is 13.2. The smallest absolute Gasteiger partial charge is 0.415 e. The first-order valence-electron chi connectivity index (χ1n) is 8.51. The fourth-order valence-electron chi connectivity index (χ4n) is 3.28. The van der Waals surface area contributed by atoms with Gasteiger partial charge in [0.15, 0.2) is 11.3 Å². The van der Waals surface area contributed by atoms with Crippen LogP contribution < -0.4 is 10.6 Å². The summed E-state index contributed by atoms with van der Waals surface area (Å²) < 4.78 is 5.36. The summed E-state index contributed by atoms with van der Waals surface area (Å²) in [6, 6.07) is 16.3. The lowest BCUT2D eigenvalue weighted by molar-refractivity contribution is -0.124. The first-order valence-corrected chi connectivity index (χ1v) is 8.51. The number of cyclic esters (lactones) is 1. The number of hydrogen-bond donors (Lipinski definition) is 1. The van der Waals surface area contributed by atoms with Gasteiger partial charge in [0, 0.05) is 12.1 Å². The van der Waals surface area contributed by atoms with Gasteiger partial charge in [-0.3, -0.25) is 9.69 Å². The SMILES string of the molecule is CCCCC(=O)C1(c2ccccc2)COC(=O)N1c1cccc(N)c1. The molecule has 1 unspecified atom stereocenters. The molecule has 0 spiro atoms. The van der Waals surface area contributed by atoms with Crippen molar-refractivity contribution in [3.8, 4) is 0 Å². The minimum Gasteiger partial charge on any atom is -0.446 e. The lowest BCUT2D eigenvalue weighted by Gasteiger charge is -2.34. The number of carbonyl (C=O) groups excluding carboxylic acids is 2. The van der Waals surface area contributed by atoms with Crippen LogP contribution >= 0.6 is 0 Å². The summed E-state index contributed by atoms with van der Waals surface area (Å²) in [5.74, 6) is -0.0196. The number of nitrogens with two attached hydrogens (primary N) is 1. The third-order valence-corrected chi connectivity index (χ3v) is 4.57. The van der Waals surface area contributed by atoms with E-state index in [0.717, 1.165) is 18.4 Å². The minimum absolute atomic E-state index is 0.00714. The van der Waals surface area contributed by atoms with Crippen molar-refractivity contribution in [3.63, 3.8) is 0 Å². The van der Waals surface area contributed by atoms with Crippen LogP contribution in [0.4, 0.5) is 16.2 Å². The number of ketones is 1. The van der Waals surface area contributed by atoms with Gasteiger partial charge < -0.3 is 10.5 Å². The van der Waals surface area contributed by atoms with E-state index in [1.165, 1.54) is 4.90 Å². The standard InChI is InChI=1S/C20H22N2O3/c1-2-3-12-18(23)20(15-8-5-4-6-9-15)14-25-19(24)22(20)17-11-7-10-16(21)13-17/h4-11,13H,2-3,12,14,21H2,1H3. The molecule has 5 heteroatoms. The van der Waals surface area contributed by atoms with Crippen LogP contribution in [0.2, 0.25) is 0 Å². The van der Waals surface area contributed by atoms with Gasteiger partial charge in [-0.2, -0.15) is 0 Å². The second kappa shape index (κ2) is 6.97. The van der Waals surface area contributed by atoms with E-state index in [4.69, 9.17) is 10.5 Å². The summed E-state index contributed by atoms with van der Waals surface area (Å²) in [4.78, 5) is 27.3. The number of ether oxygens (including phenoxy) is 1. The zero-order valence-electron chi connectivity index (χ0n) is 14.3. The lowest BCUT2D eigenvalue weighted by Crippen LogP contribution is -2.51. The fourth-order valence-corrected chi connectivity index (χ4v) is 3.28. The van der Waals surface area contributed by atoms with Crippen molar-refractivity contribution in [2.75, 3.05) is 17.2 Å². The molecule has 2 N–H and O–H groups in total.